The van der Waals surface area contributed by atoms with Crippen LogP contribution in [0, 0.1) is 0 Å². The Morgan fingerprint density at radius 2 is 1.59 bits per heavy atom. The van der Waals surface area contributed by atoms with Crippen LogP contribution in [0.2, 0.25) is 0 Å². The standard InChI is InChI=1S/C20H27N3O3S/c1-14(2)16-8-6-9-17(12-16)21-15(3)20(24)22-18-10-7-11-19(13-18)27(25,26)23(4)5/h6-15,21H,1-5H3,(H,22,24)/t15-/m1/s1. The van der Waals surface area contributed by atoms with Crippen molar-refractivity contribution in [1.29, 1.82) is 0 Å². The third kappa shape index (κ3) is 5.30. The highest BCUT2D eigenvalue weighted by Gasteiger charge is 2.19. The molecule has 27 heavy (non-hydrogen) atoms. The van der Waals surface area contributed by atoms with Crippen LogP contribution in [0.25, 0.3) is 0 Å². The number of carbonyl (C=O) groups excluding carboxylic acids is 1. The van der Waals surface area contributed by atoms with Gasteiger partial charge in [-0.05, 0) is 48.7 Å². The van der Waals surface area contributed by atoms with Crippen molar-refractivity contribution in [2.75, 3.05) is 24.7 Å². The molecule has 0 saturated carbocycles. The zero-order valence-corrected chi connectivity index (χ0v) is 17.2. The lowest BCUT2D eigenvalue weighted by atomic mass is 10.0. The van der Waals surface area contributed by atoms with Crippen molar-refractivity contribution < 1.29 is 13.2 Å². The number of hydrogen-bond donors (Lipinski definition) is 2. The van der Waals surface area contributed by atoms with Gasteiger partial charge in [0.15, 0.2) is 0 Å². The molecular weight excluding hydrogens is 362 g/mol. The van der Waals surface area contributed by atoms with Crippen LogP contribution < -0.4 is 10.6 Å². The summed E-state index contributed by atoms with van der Waals surface area (Å²) in [5.74, 6) is 0.154. The van der Waals surface area contributed by atoms with E-state index in [1.807, 2.05) is 18.2 Å². The van der Waals surface area contributed by atoms with Gasteiger partial charge >= 0.3 is 0 Å². The largest absolute Gasteiger partial charge is 0.374 e. The van der Waals surface area contributed by atoms with Crippen LogP contribution in [0.15, 0.2) is 53.4 Å². The molecule has 0 spiro atoms. The summed E-state index contributed by atoms with van der Waals surface area (Å²) in [6.45, 7) is 5.99. The summed E-state index contributed by atoms with van der Waals surface area (Å²) in [5.41, 5.74) is 2.49. The Labute approximate surface area is 161 Å². The van der Waals surface area contributed by atoms with Gasteiger partial charge in [0.2, 0.25) is 15.9 Å². The first-order chi connectivity index (χ1) is 12.6. The lowest BCUT2D eigenvalue weighted by Crippen LogP contribution is -2.32. The second-order valence-corrected chi connectivity index (χ2v) is 9.10. The molecule has 0 saturated heterocycles. The minimum Gasteiger partial charge on any atom is -0.374 e. The van der Waals surface area contributed by atoms with E-state index >= 15 is 0 Å². The molecule has 6 nitrogen and oxygen atoms in total. The van der Waals surface area contributed by atoms with E-state index in [-0.39, 0.29) is 10.8 Å². The van der Waals surface area contributed by atoms with Gasteiger partial charge in [0.1, 0.15) is 6.04 Å². The molecule has 1 amide bonds. The predicted octanol–water partition coefficient (Wildman–Crippen LogP) is 3.50. The van der Waals surface area contributed by atoms with Crippen molar-refractivity contribution in [2.45, 2.75) is 37.6 Å². The van der Waals surface area contributed by atoms with E-state index in [1.54, 1.807) is 19.1 Å². The highest BCUT2D eigenvalue weighted by molar-refractivity contribution is 7.89. The molecule has 1 atom stereocenters. The van der Waals surface area contributed by atoms with E-state index in [4.69, 9.17) is 0 Å². The van der Waals surface area contributed by atoms with E-state index < -0.39 is 16.1 Å². The highest BCUT2D eigenvalue weighted by atomic mass is 32.2. The molecule has 7 heteroatoms. The molecule has 0 aromatic heterocycles. The summed E-state index contributed by atoms with van der Waals surface area (Å²) in [6, 6.07) is 13.7. The van der Waals surface area contributed by atoms with Crippen molar-refractivity contribution in [2.24, 2.45) is 0 Å². The Morgan fingerprint density at radius 3 is 2.22 bits per heavy atom. The summed E-state index contributed by atoms with van der Waals surface area (Å²) in [7, 11) is -0.610. The molecule has 0 aliphatic heterocycles. The predicted molar refractivity (Wildman–Crippen MR) is 110 cm³/mol. The number of anilines is 2. The van der Waals surface area contributed by atoms with E-state index in [9.17, 15) is 13.2 Å². The number of amides is 1. The first kappa shape index (κ1) is 20.9. The van der Waals surface area contributed by atoms with Gasteiger partial charge in [0.05, 0.1) is 4.90 Å². The summed E-state index contributed by atoms with van der Waals surface area (Å²) in [5, 5.41) is 5.95. The first-order valence-corrected chi connectivity index (χ1v) is 10.2. The topological polar surface area (TPSA) is 78.5 Å². The fraction of sp³-hybridized carbons (Fsp3) is 0.350. The average Bonchev–Trinajstić information content (AvgIpc) is 2.61. The van der Waals surface area contributed by atoms with Crippen molar-refractivity contribution in [3.05, 3.63) is 54.1 Å². The summed E-state index contributed by atoms with van der Waals surface area (Å²) in [6.07, 6.45) is 0. The van der Waals surface area contributed by atoms with Crippen LogP contribution in [0.1, 0.15) is 32.3 Å². The second-order valence-electron chi connectivity index (χ2n) is 6.95. The van der Waals surface area contributed by atoms with Gasteiger partial charge in [-0.25, -0.2) is 12.7 Å². The molecule has 2 aromatic carbocycles. The average molecular weight is 390 g/mol. The normalized spacial score (nSPS) is 12.9. The maximum atomic E-state index is 12.5. The highest BCUT2D eigenvalue weighted by Crippen LogP contribution is 2.20. The summed E-state index contributed by atoms with van der Waals surface area (Å²) >= 11 is 0. The smallest absolute Gasteiger partial charge is 0.246 e. The quantitative estimate of drug-likeness (QED) is 0.760. The number of nitrogens with one attached hydrogen (secondary N) is 2. The number of carbonyl (C=O) groups is 1. The second kappa shape index (κ2) is 8.54. The van der Waals surface area contributed by atoms with Gasteiger partial charge in [0.25, 0.3) is 0 Å². The molecule has 0 aliphatic rings. The monoisotopic (exact) mass is 389 g/mol. The summed E-state index contributed by atoms with van der Waals surface area (Å²) < 4.78 is 25.6. The maximum Gasteiger partial charge on any atom is 0.246 e. The number of sulfonamides is 1. The van der Waals surface area contributed by atoms with Crippen molar-refractivity contribution in [1.82, 2.24) is 4.31 Å². The Bertz CT molecular complexity index is 908. The molecule has 2 aromatic rings. The lowest BCUT2D eigenvalue weighted by Gasteiger charge is -2.17. The minimum absolute atomic E-state index is 0.135. The zero-order chi connectivity index (χ0) is 20.2. The third-order valence-electron chi connectivity index (χ3n) is 4.21. The molecule has 0 aliphatic carbocycles. The molecule has 146 valence electrons. The number of nitrogens with zero attached hydrogens (tertiary/aromatic N) is 1. The SMILES string of the molecule is CC(C)c1cccc(N[C@H](C)C(=O)Nc2cccc(S(=O)(=O)N(C)C)c2)c1. The molecule has 2 N–H and O–H groups in total. The van der Waals surface area contributed by atoms with Crippen LogP contribution >= 0.6 is 0 Å². The Balaban J connectivity index is 2.10. The lowest BCUT2D eigenvalue weighted by molar-refractivity contribution is -0.116. The van der Waals surface area contributed by atoms with E-state index in [0.29, 0.717) is 11.6 Å². The van der Waals surface area contributed by atoms with Crippen LogP contribution in [0.5, 0.6) is 0 Å². The Hall–Kier alpha value is -2.38. The number of hydrogen-bond acceptors (Lipinski definition) is 4. The van der Waals surface area contributed by atoms with E-state index in [1.165, 1.54) is 31.8 Å². The minimum atomic E-state index is -3.55. The van der Waals surface area contributed by atoms with E-state index in [0.717, 1.165) is 9.99 Å². The third-order valence-corrected chi connectivity index (χ3v) is 6.02. The van der Waals surface area contributed by atoms with Gasteiger partial charge < -0.3 is 10.6 Å². The van der Waals surface area contributed by atoms with Crippen molar-refractivity contribution in [3.63, 3.8) is 0 Å². The van der Waals surface area contributed by atoms with Gasteiger partial charge in [0, 0.05) is 25.5 Å². The molecule has 0 fully saturated rings. The van der Waals surface area contributed by atoms with Gasteiger partial charge in [-0.2, -0.15) is 0 Å². The van der Waals surface area contributed by atoms with Gasteiger partial charge in [-0.1, -0.05) is 32.0 Å². The molecule has 2 rings (SSSR count). The molecule has 0 heterocycles. The molecular formula is C20H27N3O3S. The Kier molecular flexibility index (Phi) is 6.62. The summed E-state index contributed by atoms with van der Waals surface area (Å²) in [4.78, 5) is 12.6. The van der Waals surface area contributed by atoms with Crippen molar-refractivity contribution >= 4 is 27.3 Å². The number of rotatable bonds is 7. The van der Waals surface area contributed by atoms with Crippen LogP contribution in [-0.4, -0.2) is 38.8 Å². The van der Waals surface area contributed by atoms with Crippen LogP contribution in [0.4, 0.5) is 11.4 Å². The molecule has 0 bridgehead atoms. The fourth-order valence-electron chi connectivity index (χ4n) is 2.50. The van der Waals surface area contributed by atoms with Gasteiger partial charge in [-0.3, -0.25) is 4.79 Å². The maximum absolute atomic E-state index is 12.5. The van der Waals surface area contributed by atoms with E-state index in [2.05, 4.69) is 30.5 Å². The molecule has 0 unspecified atom stereocenters. The zero-order valence-electron chi connectivity index (χ0n) is 16.4. The first-order valence-electron chi connectivity index (χ1n) is 8.81. The fourth-order valence-corrected chi connectivity index (χ4v) is 3.45. The molecule has 0 radical (unpaired) electrons. The van der Waals surface area contributed by atoms with Crippen LogP contribution in [-0.2, 0) is 14.8 Å². The van der Waals surface area contributed by atoms with Gasteiger partial charge in [-0.15, -0.1) is 0 Å². The van der Waals surface area contributed by atoms with Crippen LogP contribution in [0.3, 0.4) is 0 Å². The number of benzene rings is 2. The van der Waals surface area contributed by atoms with Crippen molar-refractivity contribution in [3.8, 4) is 0 Å². The Morgan fingerprint density at radius 1 is 0.963 bits per heavy atom.